The molecule has 0 atom stereocenters. The van der Waals surface area contributed by atoms with Gasteiger partial charge in [-0.15, -0.1) is 0 Å². The molecule has 0 radical (unpaired) electrons. The van der Waals surface area contributed by atoms with E-state index in [9.17, 15) is 4.79 Å². The number of benzene rings is 2. The third-order valence-corrected chi connectivity index (χ3v) is 3.85. The number of rotatable bonds is 4. The second-order valence-corrected chi connectivity index (χ2v) is 5.59. The Bertz CT molecular complexity index is 809. The summed E-state index contributed by atoms with van der Waals surface area (Å²) in [7, 11) is 1.78. The van der Waals surface area contributed by atoms with Crippen LogP contribution < -0.4 is 0 Å². The van der Waals surface area contributed by atoms with Gasteiger partial charge in [-0.05, 0) is 35.7 Å². The lowest BCUT2D eigenvalue weighted by Gasteiger charge is -2.16. The van der Waals surface area contributed by atoms with E-state index in [1.54, 1.807) is 24.3 Å². The molecule has 0 saturated carbocycles. The molecule has 116 valence electrons. The minimum atomic E-state index is -0.0168. The van der Waals surface area contributed by atoms with E-state index in [1.165, 1.54) is 5.56 Å². The Balaban J connectivity index is 1.84. The number of nitrogens with zero attached hydrogens (tertiary/aromatic N) is 2. The molecule has 0 unspecified atom stereocenters. The van der Waals surface area contributed by atoms with Crippen molar-refractivity contribution in [2.75, 3.05) is 7.05 Å². The van der Waals surface area contributed by atoms with Crippen LogP contribution in [-0.4, -0.2) is 27.8 Å². The highest BCUT2D eigenvalue weighted by molar-refractivity contribution is 5.95. The molecular formula is C19H19N3O. The van der Waals surface area contributed by atoms with Crippen molar-refractivity contribution in [2.45, 2.75) is 13.5 Å². The van der Waals surface area contributed by atoms with Crippen molar-refractivity contribution >= 4 is 5.91 Å². The number of H-pyrrole nitrogens is 1. The smallest absolute Gasteiger partial charge is 0.254 e. The van der Waals surface area contributed by atoms with Gasteiger partial charge in [-0.25, -0.2) is 4.98 Å². The highest BCUT2D eigenvalue weighted by atomic mass is 16.2. The number of nitrogens with one attached hydrogen (secondary N) is 1. The van der Waals surface area contributed by atoms with Gasteiger partial charge in [0.1, 0.15) is 5.82 Å². The van der Waals surface area contributed by atoms with E-state index in [2.05, 4.69) is 29.0 Å². The van der Waals surface area contributed by atoms with Gasteiger partial charge in [0.15, 0.2) is 0 Å². The number of aromatic amines is 1. The lowest BCUT2D eigenvalue weighted by molar-refractivity contribution is 0.0782. The first-order valence-electron chi connectivity index (χ1n) is 7.55. The molecule has 3 aromatic rings. The maximum Gasteiger partial charge on any atom is 0.254 e. The molecule has 4 heteroatoms. The lowest BCUT2D eigenvalue weighted by Crippen LogP contribution is -2.26. The SMILES string of the molecule is Cc1ccccc1-c1cccc(C(=O)N(C)Cc2ncc[nH]2)c1. The van der Waals surface area contributed by atoms with Gasteiger partial charge in [0.2, 0.25) is 0 Å². The summed E-state index contributed by atoms with van der Waals surface area (Å²) in [6.07, 6.45) is 3.44. The van der Waals surface area contributed by atoms with Crippen LogP contribution in [0.3, 0.4) is 0 Å². The van der Waals surface area contributed by atoms with Crippen LogP contribution >= 0.6 is 0 Å². The van der Waals surface area contributed by atoms with E-state index < -0.39 is 0 Å². The number of imidazole rings is 1. The summed E-state index contributed by atoms with van der Waals surface area (Å²) in [5, 5.41) is 0. The average molecular weight is 305 g/mol. The number of aryl methyl sites for hydroxylation is 1. The number of aromatic nitrogens is 2. The zero-order chi connectivity index (χ0) is 16.2. The summed E-state index contributed by atoms with van der Waals surface area (Å²) in [5.74, 6) is 0.757. The first kappa shape index (κ1) is 15.0. The standard InChI is InChI=1S/C19H19N3O/c1-14-6-3-4-9-17(14)15-7-5-8-16(12-15)19(23)22(2)13-18-20-10-11-21-18/h3-12H,13H2,1-2H3,(H,20,21). The predicted octanol–water partition coefficient (Wildman–Crippen LogP) is 3.66. The summed E-state index contributed by atoms with van der Waals surface area (Å²) in [6, 6.07) is 15.9. The fraction of sp³-hybridized carbons (Fsp3) is 0.158. The minimum absolute atomic E-state index is 0.0168. The van der Waals surface area contributed by atoms with E-state index in [1.807, 2.05) is 36.4 Å². The van der Waals surface area contributed by atoms with Crippen LogP contribution in [0.1, 0.15) is 21.7 Å². The topological polar surface area (TPSA) is 49.0 Å². The van der Waals surface area contributed by atoms with Crippen molar-refractivity contribution in [3.05, 3.63) is 77.9 Å². The molecule has 1 amide bonds. The molecule has 0 fully saturated rings. The molecule has 0 aliphatic heterocycles. The fourth-order valence-corrected chi connectivity index (χ4v) is 2.62. The summed E-state index contributed by atoms with van der Waals surface area (Å²) in [4.78, 5) is 21.5. The normalized spacial score (nSPS) is 10.5. The third kappa shape index (κ3) is 3.31. The van der Waals surface area contributed by atoms with Gasteiger partial charge in [0.05, 0.1) is 6.54 Å². The first-order chi connectivity index (χ1) is 11.1. The Hall–Kier alpha value is -2.88. The van der Waals surface area contributed by atoms with Crippen molar-refractivity contribution in [1.82, 2.24) is 14.9 Å². The molecule has 0 saturated heterocycles. The predicted molar refractivity (Wildman–Crippen MR) is 91.0 cm³/mol. The number of hydrogen-bond acceptors (Lipinski definition) is 2. The second-order valence-electron chi connectivity index (χ2n) is 5.59. The molecule has 2 aromatic carbocycles. The van der Waals surface area contributed by atoms with Gasteiger partial charge in [0.25, 0.3) is 5.91 Å². The molecule has 1 heterocycles. The Morgan fingerprint density at radius 2 is 2.00 bits per heavy atom. The highest BCUT2D eigenvalue weighted by Crippen LogP contribution is 2.24. The molecule has 0 aliphatic carbocycles. The maximum atomic E-state index is 12.6. The maximum absolute atomic E-state index is 12.6. The van der Waals surface area contributed by atoms with Gasteiger partial charge in [-0.2, -0.15) is 0 Å². The van der Waals surface area contributed by atoms with Gasteiger partial charge in [0, 0.05) is 25.0 Å². The van der Waals surface area contributed by atoms with Crippen LogP contribution in [0.4, 0.5) is 0 Å². The third-order valence-electron chi connectivity index (χ3n) is 3.85. The highest BCUT2D eigenvalue weighted by Gasteiger charge is 2.14. The van der Waals surface area contributed by atoms with Crippen LogP contribution in [0.2, 0.25) is 0 Å². The van der Waals surface area contributed by atoms with Crippen molar-refractivity contribution in [3.63, 3.8) is 0 Å². The average Bonchev–Trinajstić information content (AvgIpc) is 3.07. The van der Waals surface area contributed by atoms with Crippen molar-refractivity contribution < 1.29 is 4.79 Å². The van der Waals surface area contributed by atoms with Gasteiger partial charge < -0.3 is 9.88 Å². The Labute approximate surface area is 135 Å². The first-order valence-corrected chi connectivity index (χ1v) is 7.55. The van der Waals surface area contributed by atoms with Crippen LogP contribution in [0.25, 0.3) is 11.1 Å². The van der Waals surface area contributed by atoms with Crippen molar-refractivity contribution in [1.29, 1.82) is 0 Å². The van der Waals surface area contributed by atoms with E-state index in [4.69, 9.17) is 0 Å². The van der Waals surface area contributed by atoms with Crippen LogP contribution in [0, 0.1) is 6.92 Å². The van der Waals surface area contributed by atoms with Crippen LogP contribution in [0.5, 0.6) is 0 Å². The summed E-state index contributed by atoms with van der Waals surface area (Å²) in [5.41, 5.74) is 4.08. The number of carbonyl (C=O) groups excluding carboxylic acids is 1. The van der Waals surface area contributed by atoms with Crippen LogP contribution in [0.15, 0.2) is 60.9 Å². The monoisotopic (exact) mass is 305 g/mol. The van der Waals surface area contributed by atoms with Gasteiger partial charge in [-0.1, -0.05) is 36.4 Å². The zero-order valence-corrected chi connectivity index (χ0v) is 13.3. The van der Waals surface area contributed by atoms with E-state index in [-0.39, 0.29) is 5.91 Å². The van der Waals surface area contributed by atoms with Gasteiger partial charge >= 0.3 is 0 Å². The second kappa shape index (κ2) is 6.48. The largest absolute Gasteiger partial charge is 0.347 e. The number of amides is 1. The van der Waals surface area contributed by atoms with Crippen LogP contribution in [-0.2, 0) is 6.54 Å². The molecule has 0 spiro atoms. The van der Waals surface area contributed by atoms with E-state index in [0.29, 0.717) is 12.1 Å². The minimum Gasteiger partial charge on any atom is -0.347 e. The van der Waals surface area contributed by atoms with E-state index in [0.717, 1.165) is 17.0 Å². The fourth-order valence-electron chi connectivity index (χ4n) is 2.62. The molecule has 0 aliphatic rings. The molecule has 4 nitrogen and oxygen atoms in total. The Morgan fingerprint density at radius 1 is 1.17 bits per heavy atom. The summed E-state index contributed by atoms with van der Waals surface area (Å²) in [6.45, 7) is 2.54. The number of carbonyl (C=O) groups is 1. The molecule has 1 N–H and O–H groups in total. The van der Waals surface area contributed by atoms with Gasteiger partial charge in [-0.3, -0.25) is 4.79 Å². The van der Waals surface area contributed by atoms with Crippen molar-refractivity contribution in [2.24, 2.45) is 0 Å². The summed E-state index contributed by atoms with van der Waals surface area (Å²) < 4.78 is 0. The molecule has 23 heavy (non-hydrogen) atoms. The Morgan fingerprint density at radius 3 is 2.74 bits per heavy atom. The zero-order valence-electron chi connectivity index (χ0n) is 13.3. The van der Waals surface area contributed by atoms with Crippen molar-refractivity contribution in [3.8, 4) is 11.1 Å². The molecule has 0 bridgehead atoms. The molecule has 1 aromatic heterocycles. The quantitative estimate of drug-likeness (QED) is 0.799. The van der Waals surface area contributed by atoms with E-state index >= 15 is 0 Å². The summed E-state index contributed by atoms with van der Waals surface area (Å²) >= 11 is 0. The molecular weight excluding hydrogens is 286 g/mol. The Kier molecular flexibility index (Phi) is 4.24. The molecule has 3 rings (SSSR count). The number of hydrogen-bond donors (Lipinski definition) is 1. The lowest BCUT2D eigenvalue weighted by atomic mass is 9.99.